The van der Waals surface area contributed by atoms with Crippen LogP contribution in [0, 0.1) is 5.92 Å². The quantitative estimate of drug-likeness (QED) is 0.239. The molecule has 4 aromatic carbocycles. The van der Waals surface area contributed by atoms with Gasteiger partial charge in [0.25, 0.3) is 0 Å². The van der Waals surface area contributed by atoms with Gasteiger partial charge in [-0.2, -0.15) is 0 Å². The number of benzene rings is 4. The Morgan fingerprint density at radius 2 is 1.64 bits per heavy atom. The fraction of sp³-hybridized carbons (Fsp3) is 0.147. The number of halogens is 2. The third-order valence-electron chi connectivity index (χ3n) is 8.66. The molecule has 4 atom stereocenters. The Hall–Kier alpha value is -4.20. The van der Waals surface area contributed by atoms with Gasteiger partial charge in [-0.25, -0.2) is 0 Å². The van der Waals surface area contributed by atoms with Crippen LogP contribution in [0.15, 0.2) is 102 Å². The lowest BCUT2D eigenvalue weighted by Crippen LogP contribution is -2.51. The summed E-state index contributed by atoms with van der Waals surface area (Å²) in [5.74, 6) is -1.35. The SMILES string of the molecule is COc1ccc(C(=O)C2C(C(=O)c3ccc(Cl)cc3)C3(C(=O)Nc4ccccc43)C3C=Cc4ccccc4N23)cc1Br. The molecule has 0 aliphatic carbocycles. The largest absolute Gasteiger partial charge is 0.496 e. The third-order valence-corrected chi connectivity index (χ3v) is 9.53. The lowest BCUT2D eigenvalue weighted by molar-refractivity contribution is -0.121. The molecule has 1 N–H and O–H groups in total. The van der Waals surface area contributed by atoms with E-state index in [0.717, 1.165) is 11.3 Å². The number of nitrogens with zero attached hydrogens (tertiary/aromatic N) is 1. The summed E-state index contributed by atoms with van der Waals surface area (Å²) >= 11 is 9.69. The second-order valence-corrected chi connectivity index (χ2v) is 11.9. The molecule has 3 aliphatic heterocycles. The highest BCUT2D eigenvalue weighted by Gasteiger charge is 2.70. The number of Topliss-reactive ketones (excluding diaryl/α,β-unsaturated/α-hetero) is 2. The van der Waals surface area contributed by atoms with Gasteiger partial charge in [0, 0.05) is 27.5 Å². The average molecular weight is 640 g/mol. The van der Waals surface area contributed by atoms with Gasteiger partial charge in [0.1, 0.15) is 17.2 Å². The summed E-state index contributed by atoms with van der Waals surface area (Å²) in [5, 5.41) is 3.54. The van der Waals surface area contributed by atoms with Gasteiger partial charge in [-0.1, -0.05) is 60.2 Å². The van der Waals surface area contributed by atoms with Crippen LogP contribution in [0.1, 0.15) is 31.8 Å². The average Bonchev–Trinajstić information content (AvgIpc) is 3.49. The molecule has 1 amide bonds. The van der Waals surface area contributed by atoms with E-state index in [-0.39, 0.29) is 17.5 Å². The first-order valence-corrected chi connectivity index (χ1v) is 14.7. The number of amides is 1. The second-order valence-electron chi connectivity index (χ2n) is 10.6. The Kier molecular flexibility index (Phi) is 6.33. The standard InChI is InChI=1S/C34H24BrClN2O4/c1-42-27-16-12-21(18-24(27)35)32(40)30-29(31(39)20-10-14-22(36)15-11-20)34(23-7-3-4-8-25(23)37-33(34)41)28-17-13-19-6-2-5-9-26(19)38(28)30/h2-18,28-30H,1H3,(H,37,41). The number of carbonyl (C=O) groups excluding carboxylic acids is 3. The Morgan fingerprint density at radius 3 is 2.40 bits per heavy atom. The number of anilines is 2. The third kappa shape index (κ3) is 3.73. The molecular weight excluding hydrogens is 616 g/mol. The fourth-order valence-corrected chi connectivity index (χ4v) is 7.57. The number of para-hydroxylation sites is 2. The maximum Gasteiger partial charge on any atom is 0.238 e. The zero-order valence-corrected chi connectivity index (χ0v) is 24.7. The number of fused-ring (bicyclic) bond motifs is 6. The minimum Gasteiger partial charge on any atom is -0.496 e. The molecule has 0 aromatic heterocycles. The molecule has 1 saturated heterocycles. The van der Waals surface area contributed by atoms with Gasteiger partial charge in [-0.3, -0.25) is 14.4 Å². The molecule has 0 saturated carbocycles. The highest BCUT2D eigenvalue weighted by Crippen LogP contribution is 2.58. The van der Waals surface area contributed by atoms with Crippen LogP contribution in [0.3, 0.4) is 0 Å². The summed E-state index contributed by atoms with van der Waals surface area (Å²) in [6.45, 7) is 0. The summed E-state index contributed by atoms with van der Waals surface area (Å²) in [6, 6.07) is 25.3. The van der Waals surface area contributed by atoms with Crippen LogP contribution in [0.4, 0.5) is 11.4 Å². The first-order valence-electron chi connectivity index (χ1n) is 13.5. The van der Waals surface area contributed by atoms with E-state index in [1.165, 1.54) is 0 Å². The van der Waals surface area contributed by atoms with Crippen molar-refractivity contribution in [3.63, 3.8) is 0 Å². The van der Waals surface area contributed by atoms with Gasteiger partial charge >= 0.3 is 0 Å². The van der Waals surface area contributed by atoms with Gasteiger partial charge in [-0.05, 0) is 81.7 Å². The lowest BCUT2D eigenvalue weighted by atomic mass is 9.64. The number of nitrogens with one attached hydrogen (secondary N) is 1. The Labute approximate surface area is 256 Å². The molecule has 1 fully saturated rings. The number of carbonyl (C=O) groups is 3. The van der Waals surface area contributed by atoms with Crippen LogP contribution in [0.25, 0.3) is 6.08 Å². The van der Waals surface area contributed by atoms with Crippen LogP contribution in [0.5, 0.6) is 5.75 Å². The molecule has 8 heteroatoms. The topological polar surface area (TPSA) is 75.7 Å². The smallest absolute Gasteiger partial charge is 0.238 e. The van der Waals surface area contributed by atoms with Crippen molar-refractivity contribution in [1.82, 2.24) is 0 Å². The van der Waals surface area contributed by atoms with Crippen molar-refractivity contribution in [2.24, 2.45) is 5.92 Å². The fourth-order valence-electron chi connectivity index (χ4n) is 6.90. The molecule has 6 nitrogen and oxygen atoms in total. The van der Waals surface area contributed by atoms with Crippen molar-refractivity contribution in [2.75, 3.05) is 17.3 Å². The van der Waals surface area contributed by atoms with E-state index in [9.17, 15) is 14.4 Å². The van der Waals surface area contributed by atoms with Crippen molar-refractivity contribution >= 4 is 62.5 Å². The molecule has 7 rings (SSSR count). The summed E-state index contributed by atoms with van der Waals surface area (Å²) in [7, 11) is 1.56. The molecule has 3 heterocycles. The van der Waals surface area contributed by atoms with E-state index in [1.807, 2.05) is 65.6 Å². The molecule has 4 aromatic rings. The van der Waals surface area contributed by atoms with Crippen LogP contribution in [-0.4, -0.2) is 36.7 Å². The molecular formula is C34H24BrClN2O4. The number of ether oxygens (including phenoxy) is 1. The maximum atomic E-state index is 14.8. The van der Waals surface area contributed by atoms with Gasteiger partial charge in [0.05, 0.1) is 23.5 Å². The van der Waals surface area contributed by atoms with Crippen LogP contribution < -0.4 is 15.0 Å². The molecule has 0 bridgehead atoms. The van der Waals surface area contributed by atoms with Gasteiger partial charge in [0.2, 0.25) is 5.91 Å². The maximum absolute atomic E-state index is 14.8. The monoisotopic (exact) mass is 638 g/mol. The van der Waals surface area contributed by atoms with Crippen LogP contribution >= 0.6 is 27.5 Å². The Bertz CT molecular complexity index is 1820. The zero-order valence-electron chi connectivity index (χ0n) is 22.4. The molecule has 208 valence electrons. The second kappa shape index (κ2) is 9.96. The zero-order chi connectivity index (χ0) is 29.2. The van der Waals surface area contributed by atoms with Crippen molar-refractivity contribution < 1.29 is 19.1 Å². The van der Waals surface area contributed by atoms with Gasteiger partial charge in [-0.15, -0.1) is 0 Å². The molecule has 42 heavy (non-hydrogen) atoms. The Balaban J connectivity index is 1.52. The first kappa shape index (κ1) is 26.7. The highest BCUT2D eigenvalue weighted by molar-refractivity contribution is 9.10. The van der Waals surface area contributed by atoms with Gasteiger partial charge < -0.3 is 15.0 Å². The van der Waals surface area contributed by atoms with Crippen molar-refractivity contribution in [3.8, 4) is 5.75 Å². The highest BCUT2D eigenvalue weighted by atomic mass is 79.9. The molecule has 4 unspecified atom stereocenters. The van der Waals surface area contributed by atoms with E-state index in [0.29, 0.717) is 37.6 Å². The van der Waals surface area contributed by atoms with E-state index in [1.54, 1.807) is 49.6 Å². The number of hydrogen-bond acceptors (Lipinski definition) is 5. The number of methoxy groups -OCH3 is 1. The Morgan fingerprint density at radius 1 is 0.929 bits per heavy atom. The van der Waals surface area contributed by atoms with Crippen molar-refractivity contribution in [1.29, 1.82) is 0 Å². The lowest BCUT2D eigenvalue weighted by Gasteiger charge is -2.37. The van der Waals surface area contributed by atoms with Crippen molar-refractivity contribution in [3.05, 3.63) is 129 Å². The minimum atomic E-state index is -1.37. The molecule has 3 aliphatic rings. The van der Waals surface area contributed by atoms with Crippen molar-refractivity contribution in [2.45, 2.75) is 17.5 Å². The minimum absolute atomic E-state index is 0.269. The van der Waals surface area contributed by atoms with Crippen LogP contribution in [0.2, 0.25) is 5.02 Å². The van der Waals surface area contributed by atoms with E-state index in [2.05, 4.69) is 21.2 Å². The van der Waals surface area contributed by atoms with Gasteiger partial charge in [0.15, 0.2) is 11.6 Å². The van der Waals surface area contributed by atoms with E-state index < -0.39 is 23.4 Å². The summed E-state index contributed by atoms with van der Waals surface area (Å²) in [5.41, 5.74) is 2.45. The summed E-state index contributed by atoms with van der Waals surface area (Å²) in [6.07, 6.45) is 3.94. The summed E-state index contributed by atoms with van der Waals surface area (Å²) in [4.78, 5) is 45.9. The predicted octanol–water partition coefficient (Wildman–Crippen LogP) is 6.97. The normalized spacial score (nSPS) is 23.3. The predicted molar refractivity (Wildman–Crippen MR) is 167 cm³/mol. The van der Waals surface area contributed by atoms with Crippen LogP contribution in [-0.2, 0) is 10.2 Å². The number of rotatable bonds is 5. The van der Waals surface area contributed by atoms with E-state index in [4.69, 9.17) is 16.3 Å². The number of ketones is 2. The number of hydrogen-bond donors (Lipinski definition) is 1. The molecule has 0 radical (unpaired) electrons. The van der Waals surface area contributed by atoms with E-state index >= 15 is 0 Å². The molecule has 1 spiro atoms. The summed E-state index contributed by atoms with van der Waals surface area (Å²) < 4.78 is 6.01. The first-order chi connectivity index (χ1) is 20.4.